The van der Waals surface area contributed by atoms with E-state index in [2.05, 4.69) is 15.9 Å². The summed E-state index contributed by atoms with van der Waals surface area (Å²) in [5, 5.41) is 10.8. The number of aromatic carboxylic acids is 1. The number of amides is 1. The number of carboxylic acids is 1. The normalized spacial score (nSPS) is 13.3. The Hall–Kier alpha value is -1.66. The van der Waals surface area contributed by atoms with Gasteiger partial charge in [0.05, 0.1) is 14.9 Å². The molecule has 4 nitrogen and oxygen atoms in total. The third kappa shape index (κ3) is 2.36. The Kier molecular flexibility index (Phi) is 3.35. The number of carbonyl (C=O) groups is 2. The lowest BCUT2D eigenvalue weighted by Gasteiger charge is -2.14. The van der Waals surface area contributed by atoms with Crippen LogP contribution in [0.4, 0.5) is 0 Å². The Morgan fingerprint density at radius 3 is 2.55 bits per heavy atom. The van der Waals surface area contributed by atoms with Gasteiger partial charge in [-0.05, 0) is 45.3 Å². The van der Waals surface area contributed by atoms with E-state index in [-0.39, 0.29) is 11.5 Å². The molecule has 0 unspecified atom stereocenters. The predicted octanol–water partition coefficient (Wildman–Crippen LogP) is 3.36. The van der Waals surface area contributed by atoms with Crippen LogP contribution in [0.3, 0.4) is 0 Å². The Labute approximate surface area is 127 Å². The molecule has 6 heteroatoms. The fourth-order valence-electron chi connectivity index (χ4n) is 2.28. The maximum atomic E-state index is 12.3. The molecule has 0 fully saturated rings. The number of thiophene rings is 1. The lowest BCUT2D eigenvalue weighted by atomic mass is 10.1. The topological polar surface area (TPSA) is 57.6 Å². The molecule has 0 spiro atoms. The Morgan fingerprint density at radius 2 is 1.90 bits per heavy atom. The Bertz CT molecular complexity index is 710. The van der Waals surface area contributed by atoms with E-state index in [0.29, 0.717) is 18.7 Å². The van der Waals surface area contributed by atoms with Crippen LogP contribution in [-0.4, -0.2) is 21.9 Å². The summed E-state index contributed by atoms with van der Waals surface area (Å²) in [5.74, 6) is -0.973. The summed E-state index contributed by atoms with van der Waals surface area (Å²) in [5.41, 5.74) is 2.84. The minimum atomic E-state index is -0.945. The second-order valence-corrected chi connectivity index (χ2v) is 6.88. The van der Waals surface area contributed by atoms with Crippen molar-refractivity contribution in [2.75, 3.05) is 0 Å². The average molecular weight is 352 g/mol. The lowest BCUT2D eigenvalue weighted by molar-refractivity contribution is 0.0696. The lowest BCUT2D eigenvalue weighted by Crippen LogP contribution is -2.24. The Balaban J connectivity index is 1.83. The van der Waals surface area contributed by atoms with Crippen LogP contribution in [0, 0.1) is 0 Å². The van der Waals surface area contributed by atoms with Gasteiger partial charge in [0, 0.05) is 18.5 Å². The molecule has 102 valence electrons. The molecule has 0 saturated heterocycles. The summed E-state index contributed by atoms with van der Waals surface area (Å²) in [6, 6.07) is 6.82. The number of carboxylic acid groups (broad SMARTS) is 1. The highest BCUT2D eigenvalue weighted by atomic mass is 79.9. The molecule has 0 atom stereocenters. The summed E-state index contributed by atoms with van der Waals surface area (Å²) in [6.07, 6.45) is 0. The predicted molar refractivity (Wildman–Crippen MR) is 79.0 cm³/mol. The number of nitrogens with zero attached hydrogens (tertiary/aromatic N) is 1. The zero-order chi connectivity index (χ0) is 14.3. The van der Waals surface area contributed by atoms with Crippen molar-refractivity contribution in [1.82, 2.24) is 4.90 Å². The summed E-state index contributed by atoms with van der Waals surface area (Å²) < 4.78 is 0.922. The Morgan fingerprint density at radius 1 is 1.15 bits per heavy atom. The second-order valence-electron chi connectivity index (χ2n) is 4.59. The second kappa shape index (κ2) is 5.03. The summed E-state index contributed by atoms with van der Waals surface area (Å²) in [4.78, 5) is 25.0. The minimum absolute atomic E-state index is 0.0278. The van der Waals surface area contributed by atoms with Crippen molar-refractivity contribution in [2.24, 2.45) is 0 Å². The van der Waals surface area contributed by atoms with Crippen LogP contribution >= 0.6 is 27.3 Å². The van der Waals surface area contributed by atoms with Crippen molar-refractivity contribution in [1.29, 1.82) is 0 Å². The van der Waals surface area contributed by atoms with E-state index in [1.165, 1.54) is 11.3 Å². The van der Waals surface area contributed by atoms with Crippen LogP contribution in [0.1, 0.15) is 31.8 Å². The van der Waals surface area contributed by atoms with Crippen molar-refractivity contribution < 1.29 is 14.7 Å². The van der Waals surface area contributed by atoms with Gasteiger partial charge in [-0.2, -0.15) is 0 Å². The first kappa shape index (κ1) is 13.3. The number of halogens is 1. The van der Waals surface area contributed by atoms with Gasteiger partial charge in [-0.25, -0.2) is 4.79 Å². The number of rotatable bonds is 2. The summed E-state index contributed by atoms with van der Waals surface area (Å²) in [6.45, 7) is 0.990. The zero-order valence-corrected chi connectivity index (χ0v) is 12.7. The van der Waals surface area contributed by atoms with Crippen LogP contribution in [0.5, 0.6) is 0 Å². The first-order chi connectivity index (χ1) is 9.54. The van der Waals surface area contributed by atoms with E-state index in [1.807, 2.05) is 5.38 Å². The van der Waals surface area contributed by atoms with Crippen molar-refractivity contribution >= 4 is 39.1 Å². The summed E-state index contributed by atoms with van der Waals surface area (Å²) >= 11 is 4.82. The number of benzene rings is 1. The quantitative estimate of drug-likeness (QED) is 0.902. The van der Waals surface area contributed by atoms with Crippen LogP contribution in [0.15, 0.2) is 33.4 Å². The van der Waals surface area contributed by atoms with E-state index in [0.717, 1.165) is 14.9 Å². The van der Waals surface area contributed by atoms with Crippen LogP contribution in [-0.2, 0) is 13.1 Å². The fraction of sp³-hybridized carbons (Fsp3) is 0.143. The largest absolute Gasteiger partial charge is 0.478 e. The van der Waals surface area contributed by atoms with Crippen molar-refractivity contribution in [2.45, 2.75) is 13.1 Å². The molecule has 20 heavy (non-hydrogen) atoms. The first-order valence-corrected chi connectivity index (χ1v) is 7.60. The molecular weight excluding hydrogens is 342 g/mol. The first-order valence-electron chi connectivity index (χ1n) is 5.93. The molecule has 0 aliphatic carbocycles. The van der Waals surface area contributed by atoms with Gasteiger partial charge < -0.3 is 10.0 Å². The molecule has 3 rings (SSSR count). The molecule has 1 N–H and O–H groups in total. The average Bonchev–Trinajstić information content (AvgIpc) is 3.02. The van der Waals surface area contributed by atoms with Gasteiger partial charge >= 0.3 is 5.97 Å². The molecule has 1 amide bonds. The van der Waals surface area contributed by atoms with Gasteiger partial charge in [-0.15, -0.1) is 11.3 Å². The van der Waals surface area contributed by atoms with E-state index in [9.17, 15) is 9.59 Å². The number of hydrogen-bond acceptors (Lipinski definition) is 3. The molecule has 2 aromatic rings. The van der Waals surface area contributed by atoms with Gasteiger partial charge in [0.1, 0.15) is 0 Å². The van der Waals surface area contributed by atoms with Gasteiger partial charge in [0.2, 0.25) is 0 Å². The third-order valence-electron chi connectivity index (χ3n) is 3.28. The molecule has 1 aromatic heterocycles. The smallest absolute Gasteiger partial charge is 0.335 e. The molecule has 1 aliphatic heterocycles. The van der Waals surface area contributed by atoms with Crippen LogP contribution in [0.2, 0.25) is 0 Å². The summed E-state index contributed by atoms with van der Waals surface area (Å²) in [7, 11) is 0. The monoisotopic (exact) mass is 351 g/mol. The van der Waals surface area contributed by atoms with Gasteiger partial charge in [0.25, 0.3) is 5.91 Å². The van der Waals surface area contributed by atoms with E-state index >= 15 is 0 Å². The van der Waals surface area contributed by atoms with Crippen LogP contribution in [0.25, 0.3) is 0 Å². The maximum absolute atomic E-state index is 12.3. The van der Waals surface area contributed by atoms with Gasteiger partial charge in [0.15, 0.2) is 0 Å². The number of hydrogen-bond donors (Lipinski definition) is 1. The van der Waals surface area contributed by atoms with E-state index in [4.69, 9.17) is 5.11 Å². The highest BCUT2D eigenvalue weighted by molar-refractivity contribution is 9.11. The molecule has 0 radical (unpaired) electrons. The zero-order valence-electron chi connectivity index (χ0n) is 10.3. The molecule has 1 aromatic carbocycles. The number of fused-ring (bicyclic) bond motifs is 1. The van der Waals surface area contributed by atoms with Crippen LogP contribution < -0.4 is 0 Å². The molecule has 2 heterocycles. The SMILES string of the molecule is O=C(O)c1ccc2c(c1)CN(C(=O)c1csc(Br)c1)C2. The van der Waals surface area contributed by atoms with E-state index in [1.54, 1.807) is 29.2 Å². The highest BCUT2D eigenvalue weighted by Crippen LogP contribution is 2.28. The van der Waals surface area contributed by atoms with Gasteiger partial charge in [-0.1, -0.05) is 6.07 Å². The minimum Gasteiger partial charge on any atom is -0.478 e. The molecule has 0 bridgehead atoms. The van der Waals surface area contributed by atoms with Crippen molar-refractivity contribution in [3.63, 3.8) is 0 Å². The van der Waals surface area contributed by atoms with Crippen molar-refractivity contribution in [3.8, 4) is 0 Å². The molecular formula is C14H10BrNO3S. The standard InChI is InChI=1S/C14H10BrNO3S/c15-12-4-11(7-20-12)13(17)16-5-9-2-1-8(14(18)19)3-10(9)6-16/h1-4,7H,5-6H2,(H,18,19). The van der Waals surface area contributed by atoms with E-state index < -0.39 is 5.97 Å². The fourth-order valence-corrected chi connectivity index (χ4v) is 3.41. The van der Waals surface area contributed by atoms with Crippen molar-refractivity contribution in [3.05, 3.63) is 55.7 Å². The maximum Gasteiger partial charge on any atom is 0.335 e. The number of carbonyl (C=O) groups excluding carboxylic acids is 1. The van der Waals surface area contributed by atoms with Gasteiger partial charge in [-0.3, -0.25) is 4.79 Å². The third-order valence-corrected chi connectivity index (χ3v) is 4.78. The molecule has 0 saturated carbocycles. The molecule has 1 aliphatic rings. The highest BCUT2D eigenvalue weighted by Gasteiger charge is 2.25.